The third-order valence-corrected chi connectivity index (χ3v) is 3.73. The second-order valence-corrected chi connectivity index (χ2v) is 4.89. The number of carbonyl (C=O) groups is 1. The summed E-state index contributed by atoms with van der Waals surface area (Å²) in [5.74, 6) is 1.45. The van der Waals surface area contributed by atoms with Crippen LogP contribution in [-0.2, 0) is 9.53 Å². The van der Waals surface area contributed by atoms with E-state index in [1.807, 2.05) is 6.92 Å². The first-order valence-corrected chi connectivity index (χ1v) is 6.79. The fourth-order valence-corrected chi connectivity index (χ4v) is 2.41. The highest BCUT2D eigenvalue weighted by molar-refractivity contribution is 9.09. The molecule has 5 nitrogen and oxygen atoms in total. The van der Waals surface area contributed by atoms with Crippen LogP contribution in [0.4, 0.5) is 0 Å². The molecular weight excluding hydrogens is 316 g/mol. The van der Waals surface area contributed by atoms with Crippen LogP contribution in [0.15, 0.2) is 6.07 Å². The molecule has 0 fully saturated rings. The first-order chi connectivity index (χ1) is 9.10. The zero-order valence-electron chi connectivity index (χ0n) is 11.0. The fourth-order valence-electron chi connectivity index (χ4n) is 1.94. The maximum atomic E-state index is 11.8. The van der Waals surface area contributed by atoms with Crippen molar-refractivity contribution in [2.24, 2.45) is 0 Å². The highest BCUT2D eigenvalue weighted by Crippen LogP contribution is 2.47. The lowest BCUT2D eigenvalue weighted by atomic mass is 10.1. The molecule has 6 heteroatoms. The van der Waals surface area contributed by atoms with Gasteiger partial charge in [-0.15, -0.1) is 0 Å². The molecule has 0 spiro atoms. The molecule has 1 heterocycles. The van der Waals surface area contributed by atoms with E-state index < -0.39 is 4.83 Å². The van der Waals surface area contributed by atoms with Crippen molar-refractivity contribution in [3.8, 4) is 17.2 Å². The van der Waals surface area contributed by atoms with Crippen LogP contribution in [0.25, 0.3) is 0 Å². The highest BCUT2D eigenvalue weighted by atomic mass is 79.9. The SMILES string of the molecule is CCOC(=O)C(Br)c1cc(OC)c(C)c2c1OCO2. The predicted octanol–water partition coefficient (Wildman–Crippen LogP) is 2.73. The van der Waals surface area contributed by atoms with Gasteiger partial charge in [-0.3, -0.25) is 4.79 Å². The van der Waals surface area contributed by atoms with Crippen molar-refractivity contribution < 1.29 is 23.7 Å². The lowest BCUT2D eigenvalue weighted by Gasteiger charge is -2.15. The number of hydrogen-bond donors (Lipinski definition) is 0. The van der Waals surface area contributed by atoms with Gasteiger partial charge in [-0.05, 0) is 19.9 Å². The number of methoxy groups -OCH3 is 1. The van der Waals surface area contributed by atoms with Gasteiger partial charge in [-0.2, -0.15) is 0 Å². The van der Waals surface area contributed by atoms with Crippen molar-refractivity contribution in [3.05, 3.63) is 17.2 Å². The second-order valence-electron chi connectivity index (χ2n) is 3.97. The van der Waals surface area contributed by atoms with Gasteiger partial charge in [-0.25, -0.2) is 0 Å². The second kappa shape index (κ2) is 5.69. The molecule has 1 atom stereocenters. The van der Waals surface area contributed by atoms with Gasteiger partial charge in [0.2, 0.25) is 6.79 Å². The van der Waals surface area contributed by atoms with Crippen molar-refractivity contribution in [1.82, 2.24) is 0 Å². The molecule has 0 aliphatic carbocycles. The molecule has 104 valence electrons. The van der Waals surface area contributed by atoms with Crippen molar-refractivity contribution in [2.75, 3.05) is 20.5 Å². The number of rotatable bonds is 4. The van der Waals surface area contributed by atoms with E-state index in [9.17, 15) is 4.79 Å². The first-order valence-electron chi connectivity index (χ1n) is 5.87. The number of hydrogen-bond acceptors (Lipinski definition) is 5. The lowest BCUT2D eigenvalue weighted by Crippen LogP contribution is -2.11. The van der Waals surface area contributed by atoms with Gasteiger partial charge in [0.25, 0.3) is 0 Å². The number of alkyl halides is 1. The Bertz CT molecular complexity index is 500. The van der Waals surface area contributed by atoms with Crippen molar-refractivity contribution in [2.45, 2.75) is 18.7 Å². The Morgan fingerprint density at radius 3 is 2.79 bits per heavy atom. The summed E-state index contributed by atoms with van der Waals surface area (Å²) in [6, 6.07) is 1.76. The van der Waals surface area contributed by atoms with E-state index in [-0.39, 0.29) is 12.8 Å². The van der Waals surface area contributed by atoms with Gasteiger partial charge in [0.15, 0.2) is 11.5 Å². The number of esters is 1. The molecule has 0 radical (unpaired) electrons. The highest BCUT2D eigenvalue weighted by Gasteiger charge is 2.30. The van der Waals surface area contributed by atoms with E-state index in [0.29, 0.717) is 29.4 Å². The molecule has 19 heavy (non-hydrogen) atoms. The molecule has 0 N–H and O–H groups in total. The normalized spacial score (nSPS) is 14.1. The Hall–Kier alpha value is -1.43. The Balaban J connectivity index is 2.46. The summed E-state index contributed by atoms with van der Waals surface area (Å²) in [5.41, 5.74) is 1.50. The average molecular weight is 331 g/mol. The fraction of sp³-hybridized carbons (Fsp3) is 0.462. The first kappa shape index (κ1) is 14.0. The van der Waals surface area contributed by atoms with Crippen LogP contribution >= 0.6 is 15.9 Å². The van der Waals surface area contributed by atoms with Gasteiger partial charge in [0.05, 0.1) is 13.7 Å². The van der Waals surface area contributed by atoms with Gasteiger partial charge in [0.1, 0.15) is 10.6 Å². The topological polar surface area (TPSA) is 54.0 Å². The third-order valence-electron chi connectivity index (χ3n) is 2.86. The van der Waals surface area contributed by atoms with Crippen LogP contribution in [-0.4, -0.2) is 26.5 Å². The summed E-state index contributed by atoms with van der Waals surface area (Å²) in [6.07, 6.45) is 0. The number of benzene rings is 1. The van der Waals surface area contributed by atoms with E-state index in [0.717, 1.165) is 5.56 Å². The molecular formula is C13H15BrO5. The summed E-state index contributed by atoms with van der Waals surface area (Å²) >= 11 is 3.33. The number of halogens is 1. The maximum Gasteiger partial charge on any atom is 0.324 e. The monoisotopic (exact) mass is 330 g/mol. The predicted molar refractivity (Wildman–Crippen MR) is 72.2 cm³/mol. The Morgan fingerprint density at radius 2 is 2.16 bits per heavy atom. The number of ether oxygens (including phenoxy) is 4. The van der Waals surface area contributed by atoms with Gasteiger partial charge in [0, 0.05) is 11.1 Å². The van der Waals surface area contributed by atoms with Crippen LogP contribution in [0.2, 0.25) is 0 Å². The standard InChI is InChI=1S/C13H15BrO5/c1-4-17-13(15)10(14)8-5-9(16-3)7(2)11-12(8)19-6-18-11/h5,10H,4,6H2,1-3H3. The quantitative estimate of drug-likeness (QED) is 0.627. The Kier molecular flexibility index (Phi) is 4.19. The Morgan fingerprint density at radius 1 is 1.47 bits per heavy atom. The van der Waals surface area contributed by atoms with Crippen LogP contribution < -0.4 is 14.2 Å². The van der Waals surface area contributed by atoms with E-state index in [2.05, 4.69) is 15.9 Å². The Labute approximate surface area is 119 Å². The lowest BCUT2D eigenvalue weighted by molar-refractivity contribution is -0.142. The number of fused-ring (bicyclic) bond motifs is 1. The van der Waals surface area contributed by atoms with E-state index in [4.69, 9.17) is 18.9 Å². The van der Waals surface area contributed by atoms with Crippen molar-refractivity contribution >= 4 is 21.9 Å². The molecule has 1 unspecified atom stereocenters. The molecule has 0 amide bonds. The van der Waals surface area contributed by atoms with Gasteiger partial charge in [-0.1, -0.05) is 15.9 Å². The number of carbonyl (C=O) groups excluding carboxylic acids is 1. The van der Waals surface area contributed by atoms with Crippen LogP contribution in [0.3, 0.4) is 0 Å². The molecule has 1 aliphatic rings. The van der Waals surface area contributed by atoms with Crippen LogP contribution in [0.5, 0.6) is 17.2 Å². The van der Waals surface area contributed by atoms with Crippen molar-refractivity contribution in [3.63, 3.8) is 0 Å². The summed E-state index contributed by atoms with van der Waals surface area (Å²) < 4.78 is 21.2. The maximum absolute atomic E-state index is 11.8. The smallest absolute Gasteiger partial charge is 0.324 e. The van der Waals surface area contributed by atoms with E-state index in [1.165, 1.54) is 0 Å². The molecule has 1 aromatic carbocycles. The molecule has 0 saturated carbocycles. The summed E-state index contributed by atoms with van der Waals surface area (Å²) in [6.45, 7) is 4.10. The summed E-state index contributed by atoms with van der Waals surface area (Å²) in [4.78, 5) is 11.2. The van der Waals surface area contributed by atoms with Gasteiger partial charge >= 0.3 is 5.97 Å². The average Bonchev–Trinajstić information content (AvgIpc) is 2.88. The van der Waals surface area contributed by atoms with Gasteiger partial charge < -0.3 is 18.9 Å². The van der Waals surface area contributed by atoms with Crippen molar-refractivity contribution in [1.29, 1.82) is 0 Å². The van der Waals surface area contributed by atoms with E-state index in [1.54, 1.807) is 20.1 Å². The zero-order chi connectivity index (χ0) is 14.0. The molecule has 0 saturated heterocycles. The molecule has 0 bridgehead atoms. The molecule has 1 aromatic rings. The third kappa shape index (κ3) is 2.49. The molecule has 1 aliphatic heterocycles. The summed E-state index contributed by atoms with van der Waals surface area (Å²) in [5, 5.41) is 0. The minimum absolute atomic E-state index is 0.138. The van der Waals surface area contributed by atoms with Crippen LogP contribution in [0, 0.1) is 6.92 Å². The van der Waals surface area contributed by atoms with Crippen LogP contribution in [0.1, 0.15) is 22.9 Å². The minimum atomic E-state index is -0.614. The minimum Gasteiger partial charge on any atom is -0.496 e. The van der Waals surface area contributed by atoms with E-state index >= 15 is 0 Å². The molecule has 2 rings (SSSR count). The molecule has 0 aromatic heterocycles. The zero-order valence-corrected chi connectivity index (χ0v) is 12.6. The largest absolute Gasteiger partial charge is 0.496 e. The summed E-state index contributed by atoms with van der Waals surface area (Å²) in [7, 11) is 1.57.